The van der Waals surface area contributed by atoms with Crippen molar-refractivity contribution in [3.05, 3.63) is 4.91 Å². The molecule has 0 bridgehead atoms. The van der Waals surface area contributed by atoms with Gasteiger partial charge in [0.25, 0.3) is 0 Å². The zero-order chi connectivity index (χ0) is 6.69. The van der Waals surface area contributed by atoms with Crippen molar-refractivity contribution in [3.63, 3.8) is 0 Å². The van der Waals surface area contributed by atoms with E-state index >= 15 is 0 Å². The molecule has 1 rings (SSSR count). The minimum atomic E-state index is 0.173. The normalized spacial score (nSPS) is 26.8. The highest BCUT2D eigenvalue weighted by Crippen LogP contribution is 2.14. The van der Waals surface area contributed by atoms with Gasteiger partial charge in [0.15, 0.2) is 0 Å². The summed E-state index contributed by atoms with van der Waals surface area (Å²) in [5, 5.41) is 12.8. The maximum atomic E-state index is 9.86. The monoisotopic (exact) mass is 130 g/mol. The summed E-state index contributed by atoms with van der Waals surface area (Å²) >= 11 is 0. The Balaban J connectivity index is 2.28. The van der Waals surface area contributed by atoms with Crippen LogP contribution in [0.1, 0.15) is 6.42 Å². The zero-order valence-corrected chi connectivity index (χ0v) is 5.16. The van der Waals surface area contributed by atoms with E-state index in [0.29, 0.717) is 13.1 Å². The Labute approximate surface area is 53.4 Å². The third-order valence-electron chi connectivity index (χ3n) is 1.64. The molecule has 9 heavy (non-hydrogen) atoms. The number of aliphatic hydroxyl groups is 1. The third-order valence-corrected chi connectivity index (χ3v) is 1.64. The minimum Gasteiger partial charge on any atom is -0.396 e. The van der Waals surface area contributed by atoms with Crippen LogP contribution >= 0.6 is 0 Å². The van der Waals surface area contributed by atoms with Crippen LogP contribution in [0, 0.1) is 10.8 Å². The molecule has 0 aromatic carbocycles. The maximum absolute atomic E-state index is 9.86. The second-order valence-electron chi connectivity index (χ2n) is 2.33. The third kappa shape index (κ3) is 1.38. The molecule has 0 aromatic heterocycles. The summed E-state index contributed by atoms with van der Waals surface area (Å²) in [5.74, 6) is 0.266. The predicted octanol–water partition coefficient (Wildman–Crippen LogP) is -0.0180. The lowest BCUT2D eigenvalue weighted by Gasteiger charge is -2.04. The van der Waals surface area contributed by atoms with Gasteiger partial charge in [-0.2, -0.15) is 0 Å². The highest BCUT2D eigenvalue weighted by atomic mass is 16.3. The molecule has 1 fully saturated rings. The van der Waals surface area contributed by atoms with E-state index in [1.165, 1.54) is 5.01 Å². The van der Waals surface area contributed by atoms with Crippen molar-refractivity contribution in [2.75, 3.05) is 19.7 Å². The highest BCUT2D eigenvalue weighted by Gasteiger charge is 2.20. The van der Waals surface area contributed by atoms with Crippen LogP contribution in [0.5, 0.6) is 0 Å². The Hall–Kier alpha value is -0.640. The van der Waals surface area contributed by atoms with E-state index in [1.807, 2.05) is 0 Å². The fourth-order valence-electron chi connectivity index (χ4n) is 1.04. The summed E-state index contributed by atoms with van der Waals surface area (Å²) in [5.41, 5.74) is 0. The molecule has 0 aliphatic carbocycles. The van der Waals surface area contributed by atoms with Crippen molar-refractivity contribution in [3.8, 4) is 0 Å². The first kappa shape index (κ1) is 6.48. The van der Waals surface area contributed by atoms with E-state index in [9.17, 15) is 4.91 Å². The molecule has 1 atom stereocenters. The molecule has 1 heterocycles. The minimum absolute atomic E-state index is 0.173. The van der Waals surface area contributed by atoms with E-state index in [1.54, 1.807) is 0 Å². The van der Waals surface area contributed by atoms with Gasteiger partial charge in [-0.1, -0.05) is 0 Å². The molecule has 1 aliphatic heterocycles. The van der Waals surface area contributed by atoms with E-state index in [0.717, 1.165) is 6.42 Å². The Morgan fingerprint density at radius 2 is 2.56 bits per heavy atom. The molecule has 4 nitrogen and oxygen atoms in total. The maximum Gasteiger partial charge on any atom is 0.0524 e. The largest absolute Gasteiger partial charge is 0.396 e. The second-order valence-corrected chi connectivity index (χ2v) is 2.33. The average molecular weight is 130 g/mol. The number of nitrogens with zero attached hydrogens (tertiary/aromatic N) is 2. The van der Waals surface area contributed by atoms with Gasteiger partial charge in [0.05, 0.1) is 5.29 Å². The van der Waals surface area contributed by atoms with Crippen LogP contribution in [-0.2, 0) is 0 Å². The van der Waals surface area contributed by atoms with Crippen LogP contribution in [0.25, 0.3) is 0 Å². The van der Waals surface area contributed by atoms with Crippen LogP contribution in [0.3, 0.4) is 0 Å². The summed E-state index contributed by atoms with van der Waals surface area (Å²) in [4.78, 5) is 9.86. The van der Waals surface area contributed by atoms with Crippen LogP contribution < -0.4 is 0 Å². The standard InChI is InChI=1S/C5H10N2O2/c8-4-5-1-2-7(3-5)6-9/h5,8H,1-4H2. The summed E-state index contributed by atoms with van der Waals surface area (Å²) in [6.45, 7) is 1.50. The molecule has 0 spiro atoms. The lowest BCUT2D eigenvalue weighted by Crippen LogP contribution is -2.13. The van der Waals surface area contributed by atoms with Gasteiger partial charge in [-0.15, -0.1) is 4.91 Å². The topological polar surface area (TPSA) is 52.9 Å². The Morgan fingerprint density at radius 3 is 2.89 bits per heavy atom. The van der Waals surface area contributed by atoms with Gasteiger partial charge in [-0.25, -0.2) is 0 Å². The summed E-state index contributed by atoms with van der Waals surface area (Å²) in [6, 6.07) is 0. The van der Waals surface area contributed by atoms with E-state index in [4.69, 9.17) is 5.11 Å². The SMILES string of the molecule is O=NN1CCC(CO)C1. The van der Waals surface area contributed by atoms with Crippen LogP contribution in [0.15, 0.2) is 5.29 Å². The van der Waals surface area contributed by atoms with Crippen molar-refractivity contribution in [1.29, 1.82) is 0 Å². The first-order valence-corrected chi connectivity index (χ1v) is 3.06. The van der Waals surface area contributed by atoms with Crippen LogP contribution in [-0.4, -0.2) is 29.8 Å². The molecule has 1 aliphatic rings. The van der Waals surface area contributed by atoms with Crippen LogP contribution in [0.2, 0.25) is 0 Å². The quantitative estimate of drug-likeness (QED) is 0.534. The zero-order valence-electron chi connectivity index (χ0n) is 5.16. The van der Waals surface area contributed by atoms with Crippen LogP contribution in [0.4, 0.5) is 0 Å². The number of hydrogen-bond donors (Lipinski definition) is 1. The van der Waals surface area contributed by atoms with Gasteiger partial charge in [0, 0.05) is 25.6 Å². The lowest BCUT2D eigenvalue weighted by molar-refractivity contribution is 0.223. The van der Waals surface area contributed by atoms with E-state index < -0.39 is 0 Å². The summed E-state index contributed by atoms with van der Waals surface area (Å²) in [6.07, 6.45) is 0.891. The predicted molar refractivity (Wildman–Crippen MR) is 32.6 cm³/mol. The van der Waals surface area contributed by atoms with Crippen molar-refractivity contribution in [2.24, 2.45) is 11.2 Å². The van der Waals surface area contributed by atoms with Gasteiger partial charge < -0.3 is 5.11 Å². The lowest BCUT2D eigenvalue weighted by atomic mass is 10.1. The Morgan fingerprint density at radius 1 is 1.78 bits per heavy atom. The van der Waals surface area contributed by atoms with E-state index in [2.05, 4.69) is 5.29 Å². The molecule has 4 heteroatoms. The van der Waals surface area contributed by atoms with Gasteiger partial charge in [-0.05, 0) is 6.42 Å². The van der Waals surface area contributed by atoms with Crippen molar-refractivity contribution in [2.45, 2.75) is 6.42 Å². The Bertz CT molecular complexity index is 107. The molecular weight excluding hydrogens is 120 g/mol. The Kier molecular flexibility index (Phi) is 2.00. The molecule has 0 radical (unpaired) electrons. The number of hydrogen-bond acceptors (Lipinski definition) is 3. The molecule has 1 unspecified atom stereocenters. The molecule has 1 saturated heterocycles. The van der Waals surface area contributed by atoms with Crippen molar-refractivity contribution < 1.29 is 5.11 Å². The summed E-state index contributed by atoms with van der Waals surface area (Å²) in [7, 11) is 0. The molecule has 0 aromatic rings. The van der Waals surface area contributed by atoms with Gasteiger partial charge in [0.1, 0.15) is 0 Å². The van der Waals surface area contributed by atoms with Gasteiger partial charge in [-0.3, -0.25) is 5.01 Å². The van der Waals surface area contributed by atoms with Gasteiger partial charge in [0.2, 0.25) is 0 Å². The average Bonchev–Trinajstić information content (AvgIpc) is 2.34. The molecule has 0 saturated carbocycles. The fourth-order valence-corrected chi connectivity index (χ4v) is 1.04. The molecule has 52 valence electrons. The first-order valence-electron chi connectivity index (χ1n) is 3.06. The molecule has 0 amide bonds. The fraction of sp³-hybridized carbons (Fsp3) is 1.00. The van der Waals surface area contributed by atoms with Crippen molar-refractivity contribution >= 4 is 0 Å². The number of nitroso groups, excluding NO2 is 1. The van der Waals surface area contributed by atoms with Gasteiger partial charge >= 0.3 is 0 Å². The number of aliphatic hydroxyl groups excluding tert-OH is 1. The molecule has 1 N–H and O–H groups in total. The smallest absolute Gasteiger partial charge is 0.0524 e. The second kappa shape index (κ2) is 2.77. The number of rotatable bonds is 2. The summed E-state index contributed by atoms with van der Waals surface area (Å²) < 4.78 is 0. The van der Waals surface area contributed by atoms with E-state index in [-0.39, 0.29) is 12.5 Å². The first-order chi connectivity index (χ1) is 4.36. The molecular formula is C5H10N2O2. The highest BCUT2D eigenvalue weighted by molar-refractivity contribution is 4.71. The van der Waals surface area contributed by atoms with Crippen molar-refractivity contribution in [1.82, 2.24) is 5.01 Å².